The molecule has 0 unspecified atom stereocenters. The number of thiophene rings is 1. The minimum atomic E-state index is -0.343. The van der Waals surface area contributed by atoms with Crippen LogP contribution in [0.1, 0.15) is 44.4 Å². The molecule has 0 aliphatic carbocycles. The zero-order chi connectivity index (χ0) is 21.3. The van der Waals surface area contributed by atoms with Crippen LogP contribution in [0, 0.1) is 12.7 Å². The summed E-state index contributed by atoms with van der Waals surface area (Å²) < 4.78 is 25.7. The predicted octanol–water partition coefficient (Wildman–Crippen LogP) is 4.12. The van der Waals surface area contributed by atoms with Crippen LogP contribution in [0.3, 0.4) is 0 Å². The molecule has 0 spiro atoms. The number of aryl methyl sites for hydroxylation is 1. The van der Waals surface area contributed by atoms with Gasteiger partial charge in [-0.1, -0.05) is 6.07 Å². The summed E-state index contributed by atoms with van der Waals surface area (Å²) in [4.78, 5) is 27.7. The van der Waals surface area contributed by atoms with Crippen molar-refractivity contribution in [2.75, 3.05) is 20.2 Å². The SMILES string of the molecule is COCc1c(C(=O)N2CCC(NC(=O)c3ccc(C)o3)CC2)sc2cccc(F)c12. The second kappa shape index (κ2) is 8.57. The molecule has 0 bridgehead atoms. The standard InChI is InChI=1S/C22H23FN2O4S/c1-13-6-7-17(29-13)21(26)24-14-8-10-25(11-9-14)22(27)20-15(12-28-2)19-16(23)4-3-5-18(19)30-20/h3-7,14H,8-12H2,1-2H3,(H,24,26). The Morgan fingerprint density at radius 1 is 1.27 bits per heavy atom. The van der Waals surface area contributed by atoms with Gasteiger partial charge in [0.2, 0.25) is 0 Å². The average Bonchev–Trinajstić information content (AvgIpc) is 3.33. The van der Waals surface area contributed by atoms with E-state index in [1.54, 1.807) is 30.0 Å². The summed E-state index contributed by atoms with van der Waals surface area (Å²) in [7, 11) is 1.54. The molecule has 1 saturated heterocycles. The Bertz CT molecular complexity index is 1080. The fraction of sp³-hybridized carbons (Fsp3) is 0.364. The lowest BCUT2D eigenvalue weighted by atomic mass is 10.0. The zero-order valence-corrected chi connectivity index (χ0v) is 17.7. The topological polar surface area (TPSA) is 71.8 Å². The normalized spacial score (nSPS) is 15.0. The number of rotatable bonds is 5. The first-order chi connectivity index (χ1) is 14.5. The van der Waals surface area contributed by atoms with Crippen LogP contribution in [-0.4, -0.2) is 43.0 Å². The first kappa shape index (κ1) is 20.6. The van der Waals surface area contributed by atoms with Crippen molar-refractivity contribution in [3.8, 4) is 0 Å². The van der Waals surface area contributed by atoms with Gasteiger partial charge in [-0.3, -0.25) is 9.59 Å². The van der Waals surface area contributed by atoms with Gasteiger partial charge in [-0.25, -0.2) is 4.39 Å². The summed E-state index contributed by atoms with van der Waals surface area (Å²) in [5.74, 6) is 0.281. The van der Waals surface area contributed by atoms with Crippen molar-refractivity contribution in [3.63, 3.8) is 0 Å². The van der Waals surface area contributed by atoms with Crippen molar-refractivity contribution in [2.24, 2.45) is 0 Å². The summed E-state index contributed by atoms with van der Waals surface area (Å²) in [5.41, 5.74) is 0.601. The van der Waals surface area contributed by atoms with Gasteiger partial charge in [0, 0.05) is 41.9 Å². The Kier molecular flexibility index (Phi) is 5.87. The van der Waals surface area contributed by atoms with Crippen LogP contribution in [0.15, 0.2) is 34.7 Å². The predicted molar refractivity (Wildman–Crippen MR) is 112 cm³/mol. The summed E-state index contributed by atoms with van der Waals surface area (Å²) in [6.07, 6.45) is 1.30. The molecule has 3 aromatic rings. The third kappa shape index (κ3) is 3.97. The fourth-order valence-electron chi connectivity index (χ4n) is 3.81. The number of amides is 2. The van der Waals surface area contributed by atoms with Gasteiger partial charge in [-0.15, -0.1) is 11.3 Å². The van der Waals surface area contributed by atoms with Gasteiger partial charge in [0.25, 0.3) is 11.8 Å². The Labute approximate surface area is 177 Å². The number of piperidine rings is 1. The molecule has 3 heterocycles. The lowest BCUT2D eigenvalue weighted by Gasteiger charge is -2.32. The smallest absolute Gasteiger partial charge is 0.287 e. The highest BCUT2D eigenvalue weighted by molar-refractivity contribution is 7.21. The van der Waals surface area contributed by atoms with Crippen LogP contribution in [0.25, 0.3) is 10.1 Å². The van der Waals surface area contributed by atoms with E-state index in [1.165, 1.54) is 24.5 Å². The fourth-order valence-corrected chi connectivity index (χ4v) is 5.00. The maximum absolute atomic E-state index is 14.4. The number of ether oxygens (including phenoxy) is 1. The Morgan fingerprint density at radius 3 is 2.70 bits per heavy atom. The van der Waals surface area contributed by atoms with E-state index in [0.29, 0.717) is 53.3 Å². The van der Waals surface area contributed by atoms with Crippen LogP contribution in [0.5, 0.6) is 0 Å². The highest BCUT2D eigenvalue weighted by atomic mass is 32.1. The monoisotopic (exact) mass is 430 g/mol. The molecule has 1 aliphatic rings. The van der Waals surface area contributed by atoms with Gasteiger partial charge in [-0.2, -0.15) is 0 Å². The van der Waals surface area contributed by atoms with Crippen molar-refractivity contribution in [3.05, 3.63) is 58.1 Å². The van der Waals surface area contributed by atoms with E-state index < -0.39 is 0 Å². The highest BCUT2D eigenvalue weighted by Gasteiger charge is 2.29. The molecule has 2 amide bonds. The molecule has 1 N–H and O–H groups in total. The molecule has 6 nitrogen and oxygen atoms in total. The van der Waals surface area contributed by atoms with E-state index >= 15 is 0 Å². The number of furan rings is 1. The van der Waals surface area contributed by atoms with Crippen LogP contribution >= 0.6 is 11.3 Å². The third-order valence-corrected chi connectivity index (χ3v) is 6.51. The third-order valence-electron chi connectivity index (χ3n) is 5.33. The Hall–Kier alpha value is -2.71. The average molecular weight is 431 g/mol. The molecule has 0 atom stereocenters. The maximum Gasteiger partial charge on any atom is 0.287 e. The number of halogens is 1. The minimum absolute atomic E-state index is 0.0229. The number of carbonyl (C=O) groups excluding carboxylic acids is 2. The number of carbonyl (C=O) groups is 2. The molecule has 1 aliphatic heterocycles. The van der Waals surface area contributed by atoms with Crippen LogP contribution in [0.2, 0.25) is 0 Å². The van der Waals surface area contributed by atoms with Gasteiger partial charge in [0.1, 0.15) is 11.6 Å². The van der Waals surface area contributed by atoms with Crippen LogP contribution in [0.4, 0.5) is 4.39 Å². The molecule has 0 saturated carbocycles. The van der Waals surface area contributed by atoms with Crippen molar-refractivity contribution in [1.29, 1.82) is 0 Å². The van der Waals surface area contributed by atoms with Crippen LogP contribution < -0.4 is 5.32 Å². The van der Waals surface area contributed by atoms with E-state index in [-0.39, 0.29) is 30.3 Å². The Balaban J connectivity index is 1.45. The minimum Gasteiger partial charge on any atom is -0.456 e. The van der Waals surface area contributed by atoms with E-state index in [0.717, 1.165) is 4.70 Å². The number of nitrogens with one attached hydrogen (secondary N) is 1. The molecule has 8 heteroatoms. The summed E-state index contributed by atoms with van der Waals surface area (Å²) in [5, 5.41) is 3.43. The molecule has 1 aromatic carbocycles. The molecular formula is C22H23FN2O4S. The first-order valence-electron chi connectivity index (χ1n) is 9.83. The van der Waals surface area contributed by atoms with Crippen molar-refractivity contribution in [2.45, 2.75) is 32.4 Å². The van der Waals surface area contributed by atoms with Gasteiger partial charge in [0.05, 0.1) is 11.5 Å². The van der Waals surface area contributed by atoms with Crippen molar-refractivity contribution < 1.29 is 23.1 Å². The number of hydrogen-bond donors (Lipinski definition) is 1. The van der Waals surface area contributed by atoms with E-state index in [2.05, 4.69) is 5.32 Å². The molecule has 1 fully saturated rings. The number of fused-ring (bicyclic) bond motifs is 1. The summed E-state index contributed by atoms with van der Waals surface area (Å²) in [6.45, 7) is 3.00. The van der Waals surface area contributed by atoms with Gasteiger partial charge in [-0.05, 0) is 44.0 Å². The molecule has 0 radical (unpaired) electrons. The largest absolute Gasteiger partial charge is 0.456 e. The van der Waals surface area contributed by atoms with Crippen LogP contribution in [-0.2, 0) is 11.3 Å². The molecule has 2 aromatic heterocycles. The van der Waals surface area contributed by atoms with Crippen molar-refractivity contribution in [1.82, 2.24) is 10.2 Å². The maximum atomic E-state index is 14.4. The first-order valence-corrected chi connectivity index (χ1v) is 10.6. The number of benzene rings is 1. The highest BCUT2D eigenvalue weighted by Crippen LogP contribution is 2.35. The van der Waals surface area contributed by atoms with Gasteiger partial charge >= 0.3 is 0 Å². The second-order valence-electron chi connectivity index (χ2n) is 7.41. The number of hydrogen-bond acceptors (Lipinski definition) is 5. The summed E-state index contributed by atoms with van der Waals surface area (Å²) in [6, 6.07) is 8.25. The molecule has 4 rings (SSSR count). The van der Waals surface area contributed by atoms with E-state index in [1.807, 2.05) is 6.07 Å². The quantitative estimate of drug-likeness (QED) is 0.661. The van der Waals surface area contributed by atoms with Gasteiger partial charge in [0.15, 0.2) is 5.76 Å². The van der Waals surface area contributed by atoms with Crippen molar-refractivity contribution >= 4 is 33.2 Å². The molecule has 158 valence electrons. The molecule has 30 heavy (non-hydrogen) atoms. The number of likely N-dealkylation sites (tertiary alicyclic amines) is 1. The second-order valence-corrected chi connectivity index (χ2v) is 8.46. The number of methoxy groups -OCH3 is 1. The molecular weight excluding hydrogens is 407 g/mol. The lowest BCUT2D eigenvalue weighted by molar-refractivity contribution is 0.0696. The van der Waals surface area contributed by atoms with Gasteiger partial charge < -0.3 is 19.4 Å². The van der Waals surface area contributed by atoms with E-state index in [9.17, 15) is 14.0 Å². The Morgan fingerprint density at radius 2 is 2.03 bits per heavy atom. The van der Waals surface area contributed by atoms with E-state index in [4.69, 9.17) is 9.15 Å². The zero-order valence-electron chi connectivity index (χ0n) is 16.9. The summed E-state index contributed by atoms with van der Waals surface area (Å²) >= 11 is 1.30. The lowest BCUT2D eigenvalue weighted by Crippen LogP contribution is -2.46. The number of nitrogens with zero attached hydrogens (tertiary/aromatic N) is 1.